The van der Waals surface area contributed by atoms with E-state index in [-0.39, 0.29) is 18.2 Å². The number of carbonyl (C=O) groups is 2. The molecule has 0 aliphatic carbocycles. The summed E-state index contributed by atoms with van der Waals surface area (Å²) in [6.07, 6.45) is 0.189. The van der Waals surface area contributed by atoms with Gasteiger partial charge >= 0.3 is 0 Å². The van der Waals surface area contributed by atoms with Gasteiger partial charge in [-0.15, -0.1) is 0 Å². The molecule has 0 unspecified atom stereocenters. The van der Waals surface area contributed by atoms with Gasteiger partial charge in [0, 0.05) is 34.9 Å². The zero-order chi connectivity index (χ0) is 18.1. The average Bonchev–Trinajstić information content (AvgIpc) is 3.03. The predicted molar refractivity (Wildman–Crippen MR) is 101 cm³/mol. The monoisotopic (exact) mass is 416 g/mol. The van der Waals surface area contributed by atoms with Gasteiger partial charge in [0.1, 0.15) is 13.2 Å². The van der Waals surface area contributed by atoms with E-state index in [2.05, 4.69) is 21.2 Å². The van der Waals surface area contributed by atoms with Gasteiger partial charge in [-0.25, -0.2) is 0 Å². The zero-order valence-electron chi connectivity index (χ0n) is 13.9. The minimum Gasteiger partial charge on any atom is -0.486 e. The fourth-order valence-electron chi connectivity index (χ4n) is 3.14. The summed E-state index contributed by atoms with van der Waals surface area (Å²) >= 11 is 3.38. The Kier molecular flexibility index (Phi) is 4.55. The lowest BCUT2D eigenvalue weighted by Crippen LogP contribution is -2.28. The summed E-state index contributed by atoms with van der Waals surface area (Å²) < 4.78 is 12.0. The number of halogens is 1. The van der Waals surface area contributed by atoms with Crippen molar-refractivity contribution < 1.29 is 19.1 Å². The number of benzene rings is 2. The van der Waals surface area contributed by atoms with Crippen LogP contribution >= 0.6 is 15.9 Å². The van der Waals surface area contributed by atoms with Crippen molar-refractivity contribution in [2.45, 2.75) is 6.42 Å². The van der Waals surface area contributed by atoms with Crippen molar-refractivity contribution in [2.24, 2.45) is 5.92 Å². The SMILES string of the molecule is O=C(Nc1cccc(Br)c1)[C@H]1CC(=O)N(c2ccc3c(c2)OCCO3)C1. The Morgan fingerprint density at radius 3 is 2.73 bits per heavy atom. The van der Waals surface area contributed by atoms with Crippen LogP contribution in [-0.4, -0.2) is 31.6 Å². The highest BCUT2D eigenvalue weighted by molar-refractivity contribution is 9.10. The Hall–Kier alpha value is -2.54. The van der Waals surface area contributed by atoms with Gasteiger partial charge in [0.15, 0.2) is 11.5 Å². The normalized spacial score (nSPS) is 18.7. The third-order valence-corrected chi connectivity index (χ3v) is 4.92. The topological polar surface area (TPSA) is 67.9 Å². The molecule has 0 aromatic heterocycles. The van der Waals surface area contributed by atoms with Crippen LogP contribution in [0.25, 0.3) is 0 Å². The van der Waals surface area contributed by atoms with E-state index in [4.69, 9.17) is 9.47 Å². The standard InChI is InChI=1S/C19H17BrN2O4/c20-13-2-1-3-14(9-13)21-19(24)12-8-18(23)22(11-12)15-4-5-16-17(10-15)26-7-6-25-16/h1-5,9-10,12H,6-8,11H2,(H,21,24)/t12-/m0/s1. The Bertz CT molecular complexity index is 870. The zero-order valence-corrected chi connectivity index (χ0v) is 15.5. The second-order valence-corrected chi connectivity index (χ2v) is 7.15. The van der Waals surface area contributed by atoms with E-state index in [0.717, 1.165) is 10.2 Å². The van der Waals surface area contributed by atoms with Gasteiger partial charge in [0.25, 0.3) is 0 Å². The van der Waals surface area contributed by atoms with E-state index < -0.39 is 5.92 Å². The molecule has 26 heavy (non-hydrogen) atoms. The van der Waals surface area contributed by atoms with E-state index in [1.807, 2.05) is 30.3 Å². The number of rotatable bonds is 3. The maximum atomic E-state index is 12.5. The number of fused-ring (bicyclic) bond motifs is 1. The van der Waals surface area contributed by atoms with E-state index >= 15 is 0 Å². The van der Waals surface area contributed by atoms with Crippen molar-refractivity contribution >= 4 is 39.1 Å². The third kappa shape index (κ3) is 3.39. The molecule has 1 atom stereocenters. The molecule has 2 aromatic rings. The second-order valence-electron chi connectivity index (χ2n) is 6.23. The third-order valence-electron chi connectivity index (χ3n) is 4.43. The van der Waals surface area contributed by atoms with Gasteiger partial charge in [0.2, 0.25) is 11.8 Å². The first-order valence-electron chi connectivity index (χ1n) is 8.36. The molecule has 2 aliphatic rings. The van der Waals surface area contributed by atoms with Crippen molar-refractivity contribution in [1.82, 2.24) is 0 Å². The molecule has 1 N–H and O–H groups in total. The summed E-state index contributed by atoms with van der Waals surface area (Å²) in [5, 5.41) is 2.87. The largest absolute Gasteiger partial charge is 0.486 e. The minimum atomic E-state index is -0.394. The highest BCUT2D eigenvalue weighted by Gasteiger charge is 2.35. The Morgan fingerprint density at radius 1 is 1.12 bits per heavy atom. The smallest absolute Gasteiger partial charge is 0.229 e. The Labute approximate surface area is 159 Å². The number of amides is 2. The fraction of sp³-hybridized carbons (Fsp3) is 0.263. The van der Waals surface area contributed by atoms with Gasteiger partial charge in [-0.2, -0.15) is 0 Å². The van der Waals surface area contributed by atoms with E-state index in [1.54, 1.807) is 17.0 Å². The molecule has 2 aromatic carbocycles. The lowest BCUT2D eigenvalue weighted by Gasteiger charge is -2.22. The van der Waals surface area contributed by atoms with Crippen LogP contribution in [0.2, 0.25) is 0 Å². The lowest BCUT2D eigenvalue weighted by atomic mass is 10.1. The Balaban J connectivity index is 1.47. The van der Waals surface area contributed by atoms with Crippen LogP contribution in [0.15, 0.2) is 46.9 Å². The van der Waals surface area contributed by atoms with Crippen LogP contribution in [0.5, 0.6) is 11.5 Å². The average molecular weight is 417 g/mol. The molecule has 2 heterocycles. The van der Waals surface area contributed by atoms with E-state index in [9.17, 15) is 9.59 Å². The summed E-state index contributed by atoms with van der Waals surface area (Å²) in [5.41, 5.74) is 1.42. The van der Waals surface area contributed by atoms with Crippen LogP contribution in [0.3, 0.4) is 0 Å². The van der Waals surface area contributed by atoms with Gasteiger partial charge in [-0.1, -0.05) is 22.0 Å². The summed E-state index contributed by atoms with van der Waals surface area (Å²) in [4.78, 5) is 26.6. The van der Waals surface area contributed by atoms with E-state index in [0.29, 0.717) is 36.9 Å². The first-order valence-corrected chi connectivity index (χ1v) is 9.16. The number of hydrogen-bond acceptors (Lipinski definition) is 4. The number of carbonyl (C=O) groups excluding carboxylic acids is 2. The maximum absolute atomic E-state index is 12.5. The summed E-state index contributed by atoms with van der Waals surface area (Å²) in [6, 6.07) is 12.8. The molecule has 134 valence electrons. The Morgan fingerprint density at radius 2 is 1.92 bits per heavy atom. The molecular formula is C19H17BrN2O4. The minimum absolute atomic E-state index is 0.0731. The molecule has 2 aliphatic heterocycles. The first-order chi connectivity index (χ1) is 12.6. The van der Waals surface area contributed by atoms with Gasteiger partial charge < -0.3 is 19.7 Å². The van der Waals surface area contributed by atoms with E-state index in [1.165, 1.54) is 0 Å². The lowest BCUT2D eigenvalue weighted by molar-refractivity contribution is -0.122. The summed E-state index contributed by atoms with van der Waals surface area (Å²) in [7, 11) is 0. The highest BCUT2D eigenvalue weighted by atomic mass is 79.9. The highest BCUT2D eigenvalue weighted by Crippen LogP contribution is 2.36. The first kappa shape index (κ1) is 16.9. The predicted octanol–water partition coefficient (Wildman–Crippen LogP) is 3.21. The number of nitrogens with one attached hydrogen (secondary N) is 1. The fourth-order valence-corrected chi connectivity index (χ4v) is 3.54. The maximum Gasteiger partial charge on any atom is 0.229 e. The number of hydrogen-bond donors (Lipinski definition) is 1. The van der Waals surface area contributed by atoms with Crippen molar-refractivity contribution in [2.75, 3.05) is 30.0 Å². The van der Waals surface area contributed by atoms with Crippen LogP contribution in [0.1, 0.15) is 6.42 Å². The van der Waals surface area contributed by atoms with Crippen molar-refractivity contribution in [3.63, 3.8) is 0 Å². The summed E-state index contributed by atoms with van der Waals surface area (Å²) in [5.74, 6) is 0.682. The quantitative estimate of drug-likeness (QED) is 0.833. The van der Waals surface area contributed by atoms with Crippen molar-refractivity contribution in [1.29, 1.82) is 0 Å². The summed E-state index contributed by atoms with van der Waals surface area (Å²) in [6.45, 7) is 1.35. The molecule has 1 fully saturated rings. The van der Waals surface area contributed by atoms with Crippen molar-refractivity contribution in [3.05, 3.63) is 46.9 Å². The molecule has 0 radical (unpaired) electrons. The second kappa shape index (κ2) is 6.99. The van der Waals surface area contributed by atoms with Gasteiger partial charge in [-0.3, -0.25) is 9.59 Å². The number of nitrogens with zero attached hydrogens (tertiary/aromatic N) is 1. The molecule has 0 saturated carbocycles. The van der Waals surface area contributed by atoms with Crippen LogP contribution in [-0.2, 0) is 9.59 Å². The van der Waals surface area contributed by atoms with Crippen molar-refractivity contribution in [3.8, 4) is 11.5 Å². The van der Waals surface area contributed by atoms with Crippen LogP contribution < -0.4 is 19.7 Å². The van der Waals surface area contributed by atoms with Gasteiger partial charge in [-0.05, 0) is 30.3 Å². The molecule has 1 saturated heterocycles. The molecular weight excluding hydrogens is 400 g/mol. The molecule has 6 nitrogen and oxygen atoms in total. The number of ether oxygens (including phenoxy) is 2. The molecule has 4 rings (SSSR count). The molecule has 0 spiro atoms. The van der Waals surface area contributed by atoms with Crippen LogP contribution in [0.4, 0.5) is 11.4 Å². The van der Waals surface area contributed by atoms with Gasteiger partial charge in [0.05, 0.1) is 5.92 Å². The molecule has 7 heteroatoms. The molecule has 2 amide bonds. The molecule has 0 bridgehead atoms. The van der Waals surface area contributed by atoms with Crippen LogP contribution in [0, 0.1) is 5.92 Å². The number of anilines is 2.